The van der Waals surface area contributed by atoms with Gasteiger partial charge >= 0.3 is 0 Å². The third-order valence-electron chi connectivity index (χ3n) is 4.33. The van der Waals surface area contributed by atoms with Gasteiger partial charge in [-0.05, 0) is 43.9 Å². The number of azide groups is 1. The summed E-state index contributed by atoms with van der Waals surface area (Å²) in [5, 5.41) is 11.7. The van der Waals surface area contributed by atoms with Gasteiger partial charge in [0.15, 0.2) is 0 Å². The van der Waals surface area contributed by atoms with Crippen LogP contribution in [0.1, 0.15) is 24.8 Å². The van der Waals surface area contributed by atoms with E-state index in [1.165, 1.54) is 0 Å². The van der Waals surface area contributed by atoms with E-state index in [1.807, 2.05) is 6.92 Å². The lowest BCUT2D eigenvalue weighted by molar-refractivity contribution is 0.0630. The van der Waals surface area contributed by atoms with Gasteiger partial charge < -0.3 is 33.5 Å². The molecule has 1 rings (SSSR count). The monoisotopic (exact) mass is 581 g/mol. The molecule has 0 aliphatic heterocycles. The van der Waals surface area contributed by atoms with Crippen LogP contribution in [-0.2, 0) is 42.7 Å². The molecule has 1 aromatic carbocycles. The Bertz CT molecular complexity index is 786. The van der Waals surface area contributed by atoms with E-state index in [9.17, 15) is 8.42 Å². The molecule has 0 fully saturated rings. The van der Waals surface area contributed by atoms with E-state index in [0.717, 1.165) is 12.0 Å². The molecule has 0 aromatic heterocycles. The molecule has 0 radical (unpaired) electrons. The molecule has 0 unspecified atom stereocenters. The third kappa shape index (κ3) is 29.0. The van der Waals surface area contributed by atoms with Crippen molar-refractivity contribution in [3.63, 3.8) is 0 Å². The average Bonchev–Trinajstić information content (AvgIpc) is 2.93. The Morgan fingerprint density at radius 1 is 0.744 bits per heavy atom. The second kappa shape index (κ2) is 30.7. The summed E-state index contributed by atoms with van der Waals surface area (Å²) in [6.07, 6.45) is 2.01. The topological polar surface area (TPSA) is 168 Å². The largest absolute Gasteiger partial charge is 0.396 e. The lowest BCUT2D eigenvalue weighted by Gasteiger charge is -2.06. The zero-order valence-corrected chi connectivity index (χ0v) is 24.6. The smallest absolute Gasteiger partial charge is 0.296 e. The summed E-state index contributed by atoms with van der Waals surface area (Å²) in [4.78, 5) is 2.79. The molecule has 0 heterocycles. The fraction of sp³-hybridized carbons (Fsp3) is 0.760. The second-order valence-corrected chi connectivity index (χ2v) is 9.26. The number of methoxy groups -OCH3 is 3. The molecule has 0 bridgehead atoms. The van der Waals surface area contributed by atoms with Gasteiger partial charge in [-0.25, -0.2) is 0 Å². The number of rotatable bonds is 22. The fourth-order valence-electron chi connectivity index (χ4n) is 2.28. The van der Waals surface area contributed by atoms with Gasteiger partial charge in [-0.1, -0.05) is 22.8 Å². The van der Waals surface area contributed by atoms with Crippen molar-refractivity contribution >= 4 is 10.1 Å². The number of hydrogen-bond donors (Lipinski definition) is 1. The van der Waals surface area contributed by atoms with Crippen LogP contribution in [0.25, 0.3) is 10.4 Å². The summed E-state index contributed by atoms with van der Waals surface area (Å²) in [6.45, 7) is 7.92. The molecule has 0 saturated carbocycles. The number of nitrogens with zero attached hydrogens (tertiary/aromatic N) is 3. The van der Waals surface area contributed by atoms with Crippen molar-refractivity contribution in [1.82, 2.24) is 0 Å². The first-order chi connectivity index (χ1) is 18.9. The molecule has 0 aliphatic rings. The summed E-state index contributed by atoms with van der Waals surface area (Å²) in [7, 11) is 1.21. The Hall–Kier alpha value is -1.84. The Balaban J connectivity index is 0. The standard InChI is InChI=1S/C13H20O5S.C6H13N3O2.C6H14O3/c1-12-4-6-13(7-5-12)19(14,15)18-9-3-8-17-11-10-16-2;1-10-5-6-11-4-2-3-8-9-7;1-8-5-6-9-4-2-3-7/h4-7H,3,8-11H2,1-2H3;2-6H2,1H3;7H,2-6H2,1H3. The van der Waals surface area contributed by atoms with Crippen molar-refractivity contribution in [2.75, 3.05) is 101 Å². The minimum atomic E-state index is -3.65. The maximum atomic E-state index is 11.8. The van der Waals surface area contributed by atoms with Crippen LogP contribution in [0.4, 0.5) is 0 Å². The van der Waals surface area contributed by atoms with E-state index >= 15 is 0 Å². The number of aliphatic hydroxyl groups is 1. The first kappa shape index (κ1) is 39.3. The summed E-state index contributed by atoms with van der Waals surface area (Å²) < 4.78 is 58.2. The summed E-state index contributed by atoms with van der Waals surface area (Å²) >= 11 is 0. The van der Waals surface area contributed by atoms with Crippen molar-refractivity contribution in [2.45, 2.75) is 31.1 Å². The van der Waals surface area contributed by atoms with Gasteiger partial charge in [-0.3, -0.25) is 4.18 Å². The van der Waals surface area contributed by atoms with Crippen LogP contribution in [0.3, 0.4) is 0 Å². The Morgan fingerprint density at radius 2 is 1.23 bits per heavy atom. The Kier molecular flexibility index (Phi) is 30.9. The molecule has 1 aromatic rings. The Labute approximate surface area is 233 Å². The maximum absolute atomic E-state index is 11.8. The van der Waals surface area contributed by atoms with E-state index in [2.05, 4.69) is 10.0 Å². The molecule has 13 nitrogen and oxygen atoms in total. The number of aliphatic hydroxyl groups excluding tert-OH is 1. The highest BCUT2D eigenvalue weighted by molar-refractivity contribution is 7.86. The van der Waals surface area contributed by atoms with Crippen LogP contribution in [0, 0.1) is 6.92 Å². The normalized spacial score (nSPS) is 10.6. The molecule has 228 valence electrons. The Morgan fingerprint density at radius 3 is 1.69 bits per heavy atom. The first-order valence-electron chi connectivity index (χ1n) is 12.7. The molecule has 0 spiro atoms. The molecule has 0 saturated heterocycles. The van der Waals surface area contributed by atoms with Gasteiger partial charge in [0.1, 0.15) is 0 Å². The number of benzene rings is 1. The average molecular weight is 582 g/mol. The molecule has 0 amide bonds. The highest BCUT2D eigenvalue weighted by Gasteiger charge is 2.14. The van der Waals surface area contributed by atoms with Gasteiger partial charge in [-0.15, -0.1) is 0 Å². The zero-order valence-electron chi connectivity index (χ0n) is 23.8. The molecular formula is C25H47N3O10S. The van der Waals surface area contributed by atoms with Crippen LogP contribution in [0.2, 0.25) is 0 Å². The predicted molar refractivity (Wildman–Crippen MR) is 147 cm³/mol. The van der Waals surface area contributed by atoms with Crippen LogP contribution < -0.4 is 0 Å². The molecule has 0 atom stereocenters. The quantitative estimate of drug-likeness (QED) is 0.0706. The van der Waals surface area contributed by atoms with E-state index in [4.69, 9.17) is 43.2 Å². The minimum absolute atomic E-state index is 0.114. The summed E-state index contributed by atoms with van der Waals surface area (Å²) in [5.74, 6) is 0. The summed E-state index contributed by atoms with van der Waals surface area (Å²) in [5.41, 5.74) is 8.91. The van der Waals surface area contributed by atoms with Gasteiger partial charge in [0.05, 0.1) is 51.1 Å². The van der Waals surface area contributed by atoms with Crippen molar-refractivity contribution in [1.29, 1.82) is 0 Å². The van der Waals surface area contributed by atoms with Crippen LogP contribution in [0.15, 0.2) is 34.3 Å². The van der Waals surface area contributed by atoms with Crippen molar-refractivity contribution in [3.8, 4) is 0 Å². The third-order valence-corrected chi connectivity index (χ3v) is 5.66. The van der Waals surface area contributed by atoms with Crippen molar-refractivity contribution in [3.05, 3.63) is 40.3 Å². The fourth-order valence-corrected chi connectivity index (χ4v) is 3.23. The zero-order chi connectivity index (χ0) is 29.5. The SMILES string of the molecule is COCCOCCCN=[N+]=[N-].COCCOCCCO.COCCOCCCOS(=O)(=O)c1ccc(C)cc1. The van der Waals surface area contributed by atoms with Crippen molar-refractivity contribution < 1.29 is 46.1 Å². The van der Waals surface area contributed by atoms with Crippen molar-refractivity contribution in [2.24, 2.45) is 5.11 Å². The maximum Gasteiger partial charge on any atom is 0.296 e. The molecular weight excluding hydrogens is 534 g/mol. The number of ether oxygens (including phenoxy) is 6. The lowest BCUT2D eigenvalue weighted by atomic mass is 10.2. The van der Waals surface area contributed by atoms with Crippen LogP contribution in [-0.4, -0.2) is 114 Å². The van der Waals surface area contributed by atoms with E-state index in [-0.39, 0.29) is 18.1 Å². The van der Waals surface area contributed by atoms with E-state index < -0.39 is 10.1 Å². The minimum Gasteiger partial charge on any atom is -0.396 e. The van der Waals surface area contributed by atoms with Gasteiger partial charge in [0.2, 0.25) is 0 Å². The number of aryl methyl sites for hydroxylation is 1. The second-order valence-electron chi connectivity index (χ2n) is 7.64. The molecule has 1 N–H and O–H groups in total. The van der Waals surface area contributed by atoms with E-state index in [1.54, 1.807) is 45.6 Å². The first-order valence-corrected chi connectivity index (χ1v) is 14.1. The predicted octanol–water partition coefficient (Wildman–Crippen LogP) is 3.14. The number of hydrogen-bond acceptors (Lipinski definition) is 11. The summed E-state index contributed by atoms with van der Waals surface area (Å²) in [6, 6.07) is 6.56. The highest BCUT2D eigenvalue weighted by atomic mass is 32.2. The lowest BCUT2D eigenvalue weighted by Crippen LogP contribution is -2.10. The van der Waals surface area contributed by atoms with Crippen LogP contribution in [0.5, 0.6) is 0 Å². The highest BCUT2D eigenvalue weighted by Crippen LogP contribution is 2.13. The van der Waals surface area contributed by atoms with Gasteiger partial charge in [0.25, 0.3) is 10.1 Å². The van der Waals surface area contributed by atoms with E-state index in [0.29, 0.717) is 78.8 Å². The molecule has 0 aliphatic carbocycles. The van der Waals surface area contributed by atoms with Gasteiger partial charge in [-0.2, -0.15) is 8.42 Å². The van der Waals surface area contributed by atoms with Crippen LogP contribution >= 0.6 is 0 Å². The van der Waals surface area contributed by atoms with Gasteiger partial charge in [0, 0.05) is 59.2 Å². The molecule has 14 heteroatoms. The molecule has 39 heavy (non-hydrogen) atoms.